The first kappa shape index (κ1) is 33.5. The Hall–Kier alpha value is -3.87. The predicted octanol–water partition coefficient (Wildman–Crippen LogP) is 6.70. The molecular formula is C33H37ClF3N7O2. The summed E-state index contributed by atoms with van der Waals surface area (Å²) in [6.45, 7) is 4.37. The molecule has 3 aliphatic rings. The van der Waals surface area contributed by atoms with E-state index in [1.54, 1.807) is 12.4 Å². The van der Waals surface area contributed by atoms with Gasteiger partial charge in [-0.15, -0.1) is 0 Å². The second kappa shape index (κ2) is 14.7. The molecule has 0 bridgehead atoms. The summed E-state index contributed by atoms with van der Waals surface area (Å²) in [5.41, 5.74) is 12.9. The average Bonchev–Trinajstić information content (AvgIpc) is 3.77. The van der Waals surface area contributed by atoms with Gasteiger partial charge in [-0.2, -0.15) is 13.2 Å². The molecule has 5 heterocycles. The van der Waals surface area contributed by atoms with Gasteiger partial charge in [0.25, 0.3) is 0 Å². The summed E-state index contributed by atoms with van der Waals surface area (Å²) in [6, 6.07) is 8.90. The molecule has 0 spiro atoms. The molecule has 46 heavy (non-hydrogen) atoms. The molecule has 2 aliphatic heterocycles. The number of hydrogen-bond donors (Lipinski definition) is 2. The third kappa shape index (κ3) is 8.48. The van der Waals surface area contributed by atoms with E-state index >= 15 is 0 Å². The van der Waals surface area contributed by atoms with Crippen LogP contribution in [0.3, 0.4) is 0 Å². The van der Waals surface area contributed by atoms with E-state index in [0.717, 1.165) is 58.5 Å². The number of aromatic nitrogens is 4. The van der Waals surface area contributed by atoms with Crippen molar-refractivity contribution in [1.29, 1.82) is 0 Å². The van der Waals surface area contributed by atoms with Crippen LogP contribution in [0.5, 0.6) is 0 Å². The summed E-state index contributed by atoms with van der Waals surface area (Å²) in [5.74, 6) is 2.02. The Kier molecular flexibility index (Phi) is 10.7. The van der Waals surface area contributed by atoms with E-state index in [0.29, 0.717) is 48.6 Å². The zero-order valence-corrected chi connectivity index (χ0v) is 26.5. The Labute approximate surface area is 270 Å². The third-order valence-corrected chi connectivity index (χ3v) is 8.34. The van der Waals surface area contributed by atoms with Crippen molar-refractivity contribution >= 4 is 40.3 Å². The summed E-state index contributed by atoms with van der Waals surface area (Å²) in [7, 11) is 2.04. The van der Waals surface area contributed by atoms with Crippen molar-refractivity contribution in [3.05, 3.63) is 81.7 Å². The summed E-state index contributed by atoms with van der Waals surface area (Å²) in [6.07, 6.45) is 4.06. The number of pyridine rings is 2. The predicted molar refractivity (Wildman–Crippen MR) is 172 cm³/mol. The molecular weight excluding hydrogens is 619 g/mol. The number of fused-ring (bicyclic) bond motifs is 3. The number of halogens is 4. The van der Waals surface area contributed by atoms with Gasteiger partial charge in [-0.1, -0.05) is 30.2 Å². The molecule has 7 rings (SSSR count). The Morgan fingerprint density at radius 1 is 1.07 bits per heavy atom. The Morgan fingerprint density at radius 2 is 1.80 bits per heavy atom. The summed E-state index contributed by atoms with van der Waals surface area (Å²) < 4.78 is 41.2. The Morgan fingerprint density at radius 3 is 2.41 bits per heavy atom. The standard InChI is InChI=1S/C19H19ClN4O.C8H8N2O.C6H10F3N/c1-11-17(5-6-18(20)22-11)24(2)8-12-3-4-13-14-9-25-10-15(14)19(21)23-16(13)7-12;11-5-6-3-9-8(10-4-6)7-1-2-7;7-6(8,9)5-3-1-2-4-10-5/h3-7H,8-10H2,1-2H3,(H2,21,23);3-5,7H,1-2H2;5,10H,1-4H2. The van der Waals surface area contributed by atoms with Crippen LogP contribution in [0.2, 0.25) is 5.15 Å². The van der Waals surface area contributed by atoms with Crippen molar-refractivity contribution in [2.75, 3.05) is 24.2 Å². The molecule has 1 saturated heterocycles. The number of nitrogen functional groups attached to an aromatic ring is 1. The monoisotopic (exact) mass is 655 g/mol. The molecule has 2 fully saturated rings. The lowest BCUT2D eigenvalue weighted by Crippen LogP contribution is -2.45. The van der Waals surface area contributed by atoms with E-state index in [1.807, 2.05) is 26.1 Å². The van der Waals surface area contributed by atoms with E-state index in [4.69, 9.17) is 22.1 Å². The number of hydrogen-bond acceptors (Lipinski definition) is 9. The zero-order chi connectivity index (χ0) is 32.8. The number of aryl methyl sites for hydroxylation is 1. The lowest BCUT2D eigenvalue weighted by Gasteiger charge is -2.25. The first-order chi connectivity index (χ1) is 22.0. The topological polar surface area (TPSA) is 119 Å². The van der Waals surface area contributed by atoms with E-state index in [-0.39, 0.29) is 6.42 Å². The number of nitrogens with one attached hydrogen (secondary N) is 1. The smallest absolute Gasteiger partial charge is 0.383 e. The number of piperidine rings is 1. The number of carbonyl (C=O) groups excluding carboxylic acids is 1. The first-order valence-electron chi connectivity index (χ1n) is 15.2. The molecule has 0 radical (unpaired) electrons. The van der Waals surface area contributed by atoms with Gasteiger partial charge in [-0.25, -0.2) is 19.9 Å². The average molecular weight is 656 g/mol. The van der Waals surface area contributed by atoms with Crippen molar-refractivity contribution in [1.82, 2.24) is 25.3 Å². The Balaban J connectivity index is 0.000000163. The van der Waals surface area contributed by atoms with Crippen LogP contribution < -0.4 is 16.0 Å². The van der Waals surface area contributed by atoms with E-state index in [9.17, 15) is 18.0 Å². The van der Waals surface area contributed by atoms with Crippen molar-refractivity contribution < 1.29 is 22.7 Å². The minimum absolute atomic E-state index is 0.240. The molecule has 1 aromatic carbocycles. The highest BCUT2D eigenvalue weighted by Crippen LogP contribution is 2.37. The fraction of sp³-hybridized carbons (Fsp3) is 0.424. The van der Waals surface area contributed by atoms with Crippen LogP contribution in [-0.2, 0) is 24.5 Å². The van der Waals surface area contributed by atoms with Crippen molar-refractivity contribution in [2.45, 2.75) is 76.9 Å². The van der Waals surface area contributed by atoms with Crippen molar-refractivity contribution in [3.8, 4) is 0 Å². The fourth-order valence-electron chi connectivity index (χ4n) is 5.50. The molecule has 0 amide bonds. The Bertz CT molecular complexity index is 1660. The number of nitrogens with two attached hydrogens (primary N) is 1. The number of rotatable bonds is 5. The highest BCUT2D eigenvalue weighted by Gasteiger charge is 2.39. The molecule has 1 unspecified atom stereocenters. The molecule has 9 nitrogen and oxygen atoms in total. The number of carbonyl (C=O) groups is 1. The van der Waals surface area contributed by atoms with Crippen LogP contribution in [0.25, 0.3) is 10.9 Å². The van der Waals surface area contributed by atoms with Gasteiger partial charge < -0.3 is 20.7 Å². The number of benzene rings is 1. The number of alkyl halides is 3. The van der Waals surface area contributed by atoms with Gasteiger partial charge in [0.15, 0.2) is 6.29 Å². The largest absolute Gasteiger partial charge is 0.403 e. The minimum Gasteiger partial charge on any atom is -0.383 e. The second-order valence-corrected chi connectivity index (χ2v) is 12.1. The number of anilines is 2. The zero-order valence-electron chi connectivity index (χ0n) is 25.8. The molecule has 1 aliphatic carbocycles. The van der Waals surface area contributed by atoms with E-state index < -0.39 is 12.2 Å². The summed E-state index contributed by atoms with van der Waals surface area (Å²) >= 11 is 5.95. The third-order valence-electron chi connectivity index (χ3n) is 8.13. The SMILES string of the molecule is Cc1nc(Cl)ccc1N(C)Cc1ccc2c3c(c(N)nc2c1)COC3.FC(F)(F)C1CCCCN1.O=Cc1cnc(C2CC2)nc1. The normalized spacial score (nSPS) is 17.3. The van der Waals surface area contributed by atoms with Gasteiger partial charge in [0.05, 0.1) is 35.7 Å². The van der Waals surface area contributed by atoms with E-state index in [1.165, 1.54) is 18.4 Å². The van der Waals surface area contributed by atoms with Crippen LogP contribution in [0.1, 0.15) is 76.6 Å². The number of aldehydes is 1. The van der Waals surface area contributed by atoms with Gasteiger partial charge in [-0.3, -0.25) is 4.79 Å². The van der Waals surface area contributed by atoms with Gasteiger partial charge in [0.1, 0.15) is 22.8 Å². The molecule has 4 aromatic rings. The highest BCUT2D eigenvalue weighted by atomic mass is 35.5. The van der Waals surface area contributed by atoms with Crippen molar-refractivity contribution in [3.63, 3.8) is 0 Å². The summed E-state index contributed by atoms with van der Waals surface area (Å²) in [5, 5.41) is 4.07. The first-order valence-corrected chi connectivity index (χ1v) is 15.6. The number of ether oxygens (including phenoxy) is 1. The van der Waals surface area contributed by atoms with Crippen LogP contribution in [-0.4, -0.2) is 52.0 Å². The lowest BCUT2D eigenvalue weighted by atomic mass is 10.0. The molecule has 1 atom stereocenters. The molecule has 1 saturated carbocycles. The van der Waals surface area contributed by atoms with Crippen LogP contribution in [0, 0.1) is 6.92 Å². The van der Waals surface area contributed by atoms with Gasteiger partial charge in [0, 0.05) is 42.9 Å². The number of nitrogens with zero attached hydrogens (tertiary/aromatic N) is 5. The van der Waals surface area contributed by atoms with Gasteiger partial charge in [-0.05, 0) is 68.5 Å². The maximum Gasteiger partial charge on any atom is 0.403 e. The van der Waals surface area contributed by atoms with E-state index in [2.05, 4.69) is 48.4 Å². The van der Waals surface area contributed by atoms with Crippen LogP contribution in [0.4, 0.5) is 24.7 Å². The molecule has 13 heteroatoms. The quantitative estimate of drug-likeness (QED) is 0.179. The maximum atomic E-state index is 11.9. The highest BCUT2D eigenvalue weighted by molar-refractivity contribution is 6.29. The van der Waals surface area contributed by atoms with Gasteiger partial charge in [0.2, 0.25) is 0 Å². The van der Waals surface area contributed by atoms with Crippen molar-refractivity contribution in [2.24, 2.45) is 0 Å². The second-order valence-electron chi connectivity index (χ2n) is 11.7. The van der Waals surface area contributed by atoms with Gasteiger partial charge >= 0.3 is 6.18 Å². The van der Waals surface area contributed by atoms with Crippen LogP contribution >= 0.6 is 11.6 Å². The lowest BCUT2D eigenvalue weighted by molar-refractivity contribution is -0.160. The molecule has 3 aromatic heterocycles. The fourth-order valence-corrected chi connectivity index (χ4v) is 5.69. The molecule has 3 N–H and O–H groups in total. The molecule has 244 valence electrons. The summed E-state index contributed by atoms with van der Waals surface area (Å²) in [4.78, 5) is 29.4. The maximum absolute atomic E-state index is 11.9. The van der Waals surface area contributed by atoms with Crippen LogP contribution in [0.15, 0.2) is 42.7 Å². The minimum atomic E-state index is -4.04.